The summed E-state index contributed by atoms with van der Waals surface area (Å²) in [7, 11) is 0. The second-order valence-electron chi connectivity index (χ2n) is 9.34. The van der Waals surface area contributed by atoms with E-state index in [4.69, 9.17) is 0 Å². The maximum absolute atomic E-state index is 15.1. The van der Waals surface area contributed by atoms with E-state index in [2.05, 4.69) is 16.3 Å². The van der Waals surface area contributed by atoms with Crippen LogP contribution >= 0.6 is 0 Å². The van der Waals surface area contributed by atoms with Crippen LogP contribution in [0, 0.1) is 24.1 Å². The summed E-state index contributed by atoms with van der Waals surface area (Å²) in [4.78, 5) is 42.3. The molecule has 2 aromatic carbocycles. The largest absolute Gasteiger partial charge is 0.367 e. The number of anilines is 1. The van der Waals surface area contributed by atoms with Crippen LogP contribution in [0.5, 0.6) is 0 Å². The van der Waals surface area contributed by atoms with Crippen molar-refractivity contribution in [1.82, 2.24) is 15.1 Å². The fourth-order valence-corrected chi connectivity index (χ4v) is 5.23. The number of nitrogens with zero attached hydrogens (tertiary/aromatic N) is 4. The number of hydrogen-bond acceptors (Lipinski definition) is 6. The number of piperidine rings is 1. The number of nitrogens with one attached hydrogen (secondary N) is 1. The summed E-state index contributed by atoms with van der Waals surface area (Å²) < 4.78 is 15.1. The summed E-state index contributed by atoms with van der Waals surface area (Å²) in [5.74, 6) is -1.65. The van der Waals surface area contributed by atoms with Crippen molar-refractivity contribution in [1.29, 1.82) is 5.26 Å². The first-order valence-corrected chi connectivity index (χ1v) is 11.8. The highest BCUT2D eigenvalue weighted by Crippen LogP contribution is 2.33. The number of carbonyl (C=O) groups is 3. The molecule has 3 aliphatic rings. The Balaban J connectivity index is 1.27. The van der Waals surface area contributed by atoms with E-state index >= 15 is 4.39 Å². The number of nitriles is 1. The minimum Gasteiger partial charge on any atom is -0.367 e. The average molecular weight is 476 g/mol. The van der Waals surface area contributed by atoms with Gasteiger partial charge in [0.25, 0.3) is 5.91 Å². The smallest absolute Gasteiger partial charge is 0.255 e. The fraction of sp³-hybridized carbons (Fsp3) is 0.385. The van der Waals surface area contributed by atoms with Gasteiger partial charge < -0.3 is 9.80 Å². The first-order chi connectivity index (χ1) is 16.9. The Kier molecular flexibility index (Phi) is 5.99. The van der Waals surface area contributed by atoms with E-state index in [1.165, 1.54) is 11.0 Å². The molecule has 0 radical (unpaired) electrons. The topological polar surface area (TPSA) is 96.8 Å². The van der Waals surface area contributed by atoms with Gasteiger partial charge in [0, 0.05) is 51.3 Å². The van der Waals surface area contributed by atoms with E-state index in [9.17, 15) is 19.6 Å². The Hall–Kier alpha value is -3.77. The van der Waals surface area contributed by atoms with Crippen molar-refractivity contribution in [3.8, 4) is 6.07 Å². The van der Waals surface area contributed by atoms with Gasteiger partial charge in [-0.25, -0.2) is 4.39 Å². The van der Waals surface area contributed by atoms with Crippen LogP contribution in [0.3, 0.4) is 0 Å². The number of carbonyl (C=O) groups excluding carboxylic acids is 3. The third-order valence-electron chi connectivity index (χ3n) is 7.17. The maximum atomic E-state index is 15.1. The Morgan fingerprint density at radius 2 is 1.91 bits per heavy atom. The van der Waals surface area contributed by atoms with Crippen molar-refractivity contribution >= 4 is 23.4 Å². The molecule has 3 amide bonds. The first kappa shape index (κ1) is 23.0. The van der Waals surface area contributed by atoms with Crippen LogP contribution in [0.25, 0.3) is 0 Å². The summed E-state index contributed by atoms with van der Waals surface area (Å²) in [6.07, 6.45) is 0.453. The molecule has 2 fully saturated rings. The van der Waals surface area contributed by atoms with Gasteiger partial charge >= 0.3 is 0 Å². The van der Waals surface area contributed by atoms with Gasteiger partial charge in [0.05, 0.1) is 17.3 Å². The van der Waals surface area contributed by atoms with E-state index in [-0.39, 0.29) is 36.8 Å². The van der Waals surface area contributed by atoms with Gasteiger partial charge in [0.2, 0.25) is 11.8 Å². The highest BCUT2D eigenvalue weighted by atomic mass is 19.1. The fourth-order valence-electron chi connectivity index (χ4n) is 5.23. The van der Waals surface area contributed by atoms with Gasteiger partial charge in [0.15, 0.2) is 0 Å². The van der Waals surface area contributed by atoms with Crippen LogP contribution in [-0.4, -0.2) is 59.7 Å². The normalized spacial score (nSPS) is 20.6. The minimum absolute atomic E-state index is 0.179. The van der Waals surface area contributed by atoms with E-state index in [1.807, 2.05) is 30.0 Å². The molecule has 2 aromatic rings. The molecule has 1 unspecified atom stereocenters. The molecule has 0 aromatic heterocycles. The lowest BCUT2D eigenvalue weighted by atomic mass is 10.0. The van der Waals surface area contributed by atoms with Crippen LogP contribution in [0.2, 0.25) is 0 Å². The average Bonchev–Trinajstić information content (AvgIpc) is 3.14. The Bertz CT molecular complexity index is 1260. The summed E-state index contributed by atoms with van der Waals surface area (Å²) in [5.41, 5.74) is 4.09. The zero-order valence-corrected chi connectivity index (χ0v) is 19.5. The monoisotopic (exact) mass is 475 g/mol. The molecule has 0 bridgehead atoms. The number of imide groups is 1. The Morgan fingerprint density at radius 1 is 1.14 bits per heavy atom. The molecule has 0 saturated carbocycles. The molecule has 0 spiro atoms. The van der Waals surface area contributed by atoms with E-state index in [1.54, 1.807) is 6.07 Å². The van der Waals surface area contributed by atoms with Crippen LogP contribution in [0.4, 0.5) is 10.1 Å². The highest BCUT2D eigenvalue weighted by molar-refractivity contribution is 6.05. The third-order valence-corrected chi connectivity index (χ3v) is 7.17. The van der Waals surface area contributed by atoms with Gasteiger partial charge in [-0.3, -0.25) is 24.6 Å². The number of fused-ring (bicyclic) bond motifs is 1. The van der Waals surface area contributed by atoms with Gasteiger partial charge in [-0.1, -0.05) is 18.2 Å². The third kappa shape index (κ3) is 4.26. The number of hydrogen-bond donors (Lipinski definition) is 1. The quantitative estimate of drug-likeness (QED) is 0.681. The zero-order valence-electron chi connectivity index (χ0n) is 19.5. The predicted octanol–water partition coefficient (Wildman–Crippen LogP) is 2.09. The van der Waals surface area contributed by atoms with Crippen LogP contribution < -0.4 is 10.2 Å². The van der Waals surface area contributed by atoms with Crippen LogP contribution in [0.15, 0.2) is 30.3 Å². The van der Waals surface area contributed by atoms with E-state index < -0.39 is 17.8 Å². The molecule has 9 heteroatoms. The molecule has 35 heavy (non-hydrogen) atoms. The lowest BCUT2D eigenvalue weighted by Gasteiger charge is -2.36. The van der Waals surface area contributed by atoms with Crippen molar-refractivity contribution in [3.63, 3.8) is 0 Å². The molecular formula is C26H26FN5O3. The van der Waals surface area contributed by atoms with Gasteiger partial charge in [0.1, 0.15) is 11.9 Å². The molecule has 1 N–H and O–H groups in total. The molecule has 3 aliphatic heterocycles. The van der Waals surface area contributed by atoms with Crippen molar-refractivity contribution in [2.45, 2.75) is 38.9 Å². The highest BCUT2D eigenvalue weighted by Gasteiger charge is 2.40. The van der Waals surface area contributed by atoms with Crippen molar-refractivity contribution in [3.05, 3.63) is 64.0 Å². The number of halogens is 1. The number of aryl methyl sites for hydroxylation is 1. The second-order valence-corrected chi connectivity index (χ2v) is 9.34. The van der Waals surface area contributed by atoms with Gasteiger partial charge in [-0.05, 0) is 42.2 Å². The lowest BCUT2D eigenvalue weighted by molar-refractivity contribution is -0.136. The predicted molar refractivity (Wildman–Crippen MR) is 126 cm³/mol. The summed E-state index contributed by atoms with van der Waals surface area (Å²) in [6.45, 7) is 5.50. The lowest BCUT2D eigenvalue weighted by Crippen LogP contribution is -2.52. The van der Waals surface area contributed by atoms with E-state index in [0.717, 1.165) is 24.2 Å². The number of amides is 3. The molecule has 3 heterocycles. The Morgan fingerprint density at radius 3 is 2.63 bits per heavy atom. The maximum Gasteiger partial charge on any atom is 0.255 e. The molecule has 2 saturated heterocycles. The van der Waals surface area contributed by atoms with Gasteiger partial charge in [-0.15, -0.1) is 0 Å². The standard InChI is InChI=1S/C26H26FN5O3/c1-16-3-2-4-17(20(16)13-28)14-30-7-9-31(10-8-30)23-11-18-15-32(26(35)19(18)12-21(23)27)22-5-6-24(33)29-25(22)34/h2-4,11-12,22H,5-10,14-15H2,1H3,(H,29,33,34). The molecule has 8 nitrogen and oxygen atoms in total. The van der Waals surface area contributed by atoms with Crippen molar-refractivity contribution in [2.24, 2.45) is 0 Å². The van der Waals surface area contributed by atoms with Crippen molar-refractivity contribution in [2.75, 3.05) is 31.1 Å². The van der Waals surface area contributed by atoms with Crippen molar-refractivity contribution < 1.29 is 18.8 Å². The van der Waals surface area contributed by atoms with E-state index in [0.29, 0.717) is 36.4 Å². The summed E-state index contributed by atoms with van der Waals surface area (Å²) in [5, 5.41) is 11.8. The molecular weight excluding hydrogens is 449 g/mol. The number of piperazine rings is 1. The molecule has 0 aliphatic carbocycles. The zero-order chi connectivity index (χ0) is 24.7. The number of rotatable bonds is 4. The summed E-state index contributed by atoms with van der Waals surface area (Å²) >= 11 is 0. The van der Waals surface area contributed by atoms with Gasteiger partial charge in [-0.2, -0.15) is 5.26 Å². The SMILES string of the molecule is Cc1cccc(CN2CCN(c3cc4c(cc3F)C(=O)N(C3CCC(=O)NC3=O)C4)CC2)c1C#N. The minimum atomic E-state index is -0.720. The first-order valence-electron chi connectivity index (χ1n) is 11.8. The Labute approximate surface area is 202 Å². The molecule has 5 rings (SSSR count). The van der Waals surface area contributed by atoms with Crippen LogP contribution in [0.1, 0.15) is 45.5 Å². The van der Waals surface area contributed by atoms with Crippen LogP contribution in [-0.2, 0) is 22.7 Å². The molecule has 1 atom stereocenters. The molecule has 180 valence electrons. The summed E-state index contributed by atoms with van der Waals surface area (Å²) in [6, 6.07) is 10.4. The second kappa shape index (κ2) is 9.12. The number of benzene rings is 2.